The number of alkyl halides is 3. The van der Waals surface area contributed by atoms with E-state index in [1.165, 1.54) is 12.1 Å². The zero-order valence-electron chi connectivity index (χ0n) is 10.7. The molecule has 1 aliphatic rings. The maximum Gasteiger partial charge on any atom is 0.573 e. The minimum atomic E-state index is -4.73. The number of amides is 1. The third-order valence-electron chi connectivity index (χ3n) is 3.16. The second-order valence-electron chi connectivity index (χ2n) is 4.70. The molecule has 0 aromatic heterocycles. The summed E-state index contributed by atoms with van der Waals surface area (Å²) in [5.74, 6) is -0.537. The molecule has 0 saturated carbocycles. The lowest BCUT2D eigenvalue weighted by Gasteiger charge is -2.30. The van der Waals surface area contributed by atoms with Gasteiger partial charge in [0.15, 0.2) is 0 Å². The monoisotopic (exact) mass is 288 g/mol. The van der Waals surface area contributed by atoms with Crippen LogP contribution in [0, 0.1) is 0 Å². The van der Waals surface area contributed by atoms with Gasteiger partial charge in [-0.3, -0.25) is 4.79 Å². The molecule has 0 spiro atoms. The molecule has 1 aliphatic heterocycles. The first-order valence-electron chi connectivity index (χ1n) is 6.26. The van der Waals surface area contributed by atoms with Crippen molar-refractivity contribution in [3.8, 4) is 5.75 Å². The summed E-state index contributed by atoms with van der Waals surface area (Å²) in [6, 6.07) is 5.05. The van der Waals surface area contributed by atoms with Crippen LogP contribution in [0.15, 0.2) is 24.3 Å². The molecule has 1 saturated heterocycles. The molecule has 1 heterocycles. The van der Waals surface area contributed by atoms with Crippen molar-refractivity contribution < 1.29 is 22.7 Å². The summed E-state index contributed by atoms with van der Waals surface area (Å²) in [5.41, 5.74) is 6.10. The Morgan fingerprint density at radius 1 is 1.20 bits per heavy atom. The van der Waals surface area contributed by atoms with E-state index < -0.39 is 6.36 Å². The number of hydrogen-bond acceptors (Lipinski definition) is 3. The SMILES string of the molecule is NC1CCN(C(=O)c2ccc(OC(F)(F)F)cc2)CC1. The molecule has 7 heteroatoms. The van der Waals surface area contributed by atoms with Gasteiger partial charge < -0.3 is 15.4 Å². The van der Waals surface area contributed by atoms with Crippen LogP contribution in [0.5, 0.6) is 5.75 Å². The van der Waals surface area contributed by atoms with E-state index in [9.17, 15) is 18.0 Å². The minimum absolute atomic E-state index is 0.113. The highest BCUT2D eigenvalue weighted by Crippen LogP contribution is 2.23. The van der Waals surface area contributed by atoms with E-state index in [-0.39, 0.29) is 17.7 Å². The van der Waals surface area contributed by atoms with Gasteiger partial charge in [0.1, 0.15) is 5.75 Å². The largest absolute Gasteiger partial charge is 0.573 e. The Labute approximate surface area is 114 Å². The molecule has 2 rings (SSSR count). The first kappa shape index (κ1) is 14.6. The average molecular weight is 288 g/mol. The molecule has 4 nitrogen and oxygen atoms in total. The van der Waals surface area contributed by atoms with Crippen LogP contribution < -0.4 is 10.5 Å². The summed E-state index contributed by atoms with van der Waals surface area (Å²) in [5, 5.41) is 0. The number of carbonyl (C=O) groups excluding carboxylic acids is 1. The average Bonchev–Trinajstić information content (AvgIpc) is 2.38. The Morgan fingerprint density at radius 2 is 1.75 bits per heavy atom. The van der Waals surface area contributed by atoms with Gasteiger partial charge in [-0.15, -0.1) is 13.2 Å². The van der Waals surface area contributed by atoms with Gasteiger partial charge in [0.25, 0.3) is 5.91 Å². The van der Waals surface area contributed by atoms with Crippen molar-refractivity contribution in [3.05, 3.63) is 29.8 Å². The quantitative estimate of drug-likeness (QED) is 0.907. The van der Waals surface area contributed by atoms with Crippen LogP contribution in [-0.2, 0) is 0 Å². The van der Waals surface area contributed by atoms with Gasteiger partial charge >= 0.3 is 6.36 Å². The van der Waals surface area contributed by atoms with Crippen molar-refractivity contribution >= 4 is 5.91 Å². The Hall–Kier alpha value is -1.76. The first-order valence-corrected chi connectivity index (χ1v) is 6.26. The molecule has 0 aliphatic carbocycles. The van der Waals surface area contributed by atoms with Crippen LogP contribution in [-0.4, -0.2) is 36.3 Å². The molecule has 0 bridgehead atoms. The molecule has 110 valence electrons. The standard InChI is InChI=1S/C13H15F3N2O2/c14-13(15,16)20-11-3-1-9(2-4-11)12(19)18-7-5-10(17)6-8-18/h1-4,10H,5-8,17H2. The lowest BCUT2D eigenvalue weighted by atomic mass is 10.0. The topological polar surface area (TPSA) is 55.6 Å². The van der Waals surface area contributed by atoms with E-state index in [0.29, 0.717) is 18.7 Å². The third kappa shape index (κ3) is 3.86. The number of carbonyl (C=O) groups is 1. The highest BCUT2D eigenvalue weighted by atomic mass is 19.4. The van der Waals surface area contributed by atoms with Crippen molar-refractivity contribution in [3.63, 3.8) is 0 Å². The maximum atomic E-state index is 12.1. The molecule has 0 unspecified atom stereocenters. The second-order valence-corrected chi connectivity index (χ2v) is 4.70. The van der Waals surface area contributed by atoms with E-state index in [4.69, 9.17) is 5.73 Å². The van der Waals surface area contributed by atoms with Crippen LogP contribution in [0.2, 0.25) is 0 Å². The van der Waals surface area contributed by atoms with Crippen LogP contribution >= 0.6 is 0 Å². The number of piperidine rings is 1. The molecule has 1 aromatic rings. The van der Waals surface area contributed by atoms with Crippen molar-refractivity contribution in [2.75, 3.05) is 13.1 Å². The second kappa shape index (κ2) is 5.70. The zero-order chi connectivity index (χ0) is 14.8. The van der Waals surface area contributed by atoms with E-state index in [1.807, 2.05) is 0 Å². The Balaban J connectivity index is 2.00. The van der Waals surface area contributed by atoms with Gasteiger partial charge in [-0.05, 0) is 37.1 Å². The van der Waals surface area contributed by atoms with Crippen LogP contribution in [0.3, 0.4) is 0 Å². The summed E-state index contributed by atoms with van der Waals surface area (Å²) in [6.07, 6.45) is -3.25. The van der Waals surface area contributed by atoms with Crippen molar-refractivity contribution in [2.24, 2.45) is 5.73 Å². The summed E-state index contributed by atoms with van der Waals surface area (Å²) < 4.78 is 39.8. The number of hydrogen-bond donors (Lipinski definition) is 1. The molecular formula is C13H15F3N2O2. The molecule has 20 heavy (non-hydrogen) atoms. The predicted octanol–water partition coefficient (Wildman–Crippen LogP) is 2.15. The van der Waals surface area contributed by atoms with Crippen LogP contribution in [0.25, 0.3) is 0 Å². The number of nitrogens with zero attached hydrogens (tertiary/aromatic N) is 1. The fourth-order valence-corrected chi connectivity index (χ4v) is 2.08. The van der Waals surface area contributed by atoms with Crippen molar-refractivity contribution in [1.29, 1.82) is 0 Å². The van der Waals surface area contributed by atoms with Gasteiger partial charge in [-0.1, -0.05) is 0 Å². The van der Waals surface area contributed by atoms with Gasteiger partial charge in [-0.25, -0.2) is 0 Å². The maximum absolute atomic E-state index is 12.1. The van der Waals surface area contributed by atoms with E-state index in [2.05, 4.69) is 4.74 Å². The Bertz CT molecular complexity index is 465. The summed E-state index contributed by atoms with van der Waals surface area (Å²) in [4.78, 5) is 13.8. The van der Waals surface area contributed by atoms with Crippen LogP contribution in [0.4, 0.5) is 13.2 Å². The highest BCUT2D eigenvalue weighted by Gasteiger charge is 2.31. The van der Waals surface area contributed by atoms with Gasteiger partial charge in [0, 0.05) is 24.7 Å². The lowest BCUT2D eigenvalue weighted by molar-refractivity contribution is -0.274. The lowest BCUT2D eigenvalue weighted by Crippen LogP contribution is -2.42. The number of ether oxygens (including phenoxy) is 1. The van der Waals surface area contributed by atoms with Crippen molar-refractivity contribution in [1.82, 2.24) is 4.90 Å². The van der Waals surface area contributed by atoms with E-state index in [1.54, 1.807) is 4.90 Å². The first-order chi connectivity index (χ1) is 9.35. The third-order valence-corrected chi connectivity index (χ3v) is 3.16. The molecule has 1 aromatic carbocycles. The van der Waals surface area contributed by atoms with Gasteiger partial charge in [-0.2, -0.15) is 0 Å². The minimum Gasteiger partial charge on any atom is -0.406 e. The highest BCUT2D eigenvalue weighted by molar-refractivity contribution is 5.94. The molecule has 1 amide bonds. The number of benzene rings is 1. The predicted molar refractivity (Wildman–Crippen MR) is 66.2 cm³/mol. The molecule has 2 N–H and O–H groups in total. The summed E-state index contributed by atoms with van der Waals surface area (Å²) >= 11 is 0. The number of likely N-dealkylation sites (tertiary alicyclic amines) is 1. The van der Waals surface area contributed by atoms with Gasteiger partial charge in [0.05, 0.1) is 0 Å². The molecule has 0 radical (unpaired) electrons. The number of rotatable bonds is 2. The number of halogens is 3. The van der Waals surface area contributed by atoms with E-state index in [0.717, 1.165) is 25.0 Å². The van der Waals surface area contributed by atoms with E-state index >= 15 is 0 Å². The molecule has 0 atom stereocenters. The number of nitrogens with two attached hydrogens (primary N) is 1. The Morgan fingerprint density at radius 3 is 2.25 bits per heavy atom. The molecular weight excluding hydrogens is 273 g/mol. The summed E-state index contributed by atoms with van der Waals surface area (Å²) in [7, 11) is 0. The van der Waals surface area contributed by atoms with Crippen LogP contribution in [0.1, 0.15) is 23.2 Å². The van der Waals surface area contributed by atoms with Gasteiger partial charge in [0.2, 0.25) is 0 Å². The normalized spacial score (nSPS) is 17.1. The summed E-state index contributed by atoms with van der Waals surface area (Å²) in [6.45, 7) is 1.14. The van der Waals surface area contributed by atoms with Crippen molar-refractivity contribution in [2.45, 2.75) is 25.2 Å². The Kier molecular flexibility index (Phi) is 4.17. The fraction of sp³-hybridized carbons (Fsp3) is 0.462. The zero-order valence-corrected chi connectivity index (χ0v) is 10.7. The molecule has 1 fully saturated rings. The smallest absolute Gasteiger partial charge is 0.406 e. The fourth-order valence-electron chi connectivity index (χ4n) is 2.08.